The maximum Gasteiger partial charge on any atom is 0.586 e. The van der Waals surface area contributed by atoms with Crippen molar-refractivity contribution in [2.75, 3.05) is 0 Å². The van der Waals surface area contributed by atoms with Gasteiger partial charge in [-0.3, -0.25) is 4.79 Å². The zero-order valence-corrected chi connectivity index (χ0v) is 6.59. The minimum Gasteiger partial charge on any atom is -0.394 e. The van der Waals surface area contributed by atoms with E-state index < -0.39 is 23.6 Å². The van der Waals surface area contributed by atoms with Crippen LogP contribution in [0.3, 0.4) is 0 Å². The van der Waals surface area contributed by atoms with Gasteiger partial charge in [0.2, 0.25) is 5.75 Å². The molecular weight excluding hydrogens is 201 g/mol. The molecule has 0 aliphatic carbocycles. The van der Waals surface area contributed by atoms with Gasteiger partial charge in [0.1, 0.15) is 0 Å². The lowest BCUT2D eigenvalue weighted by molar-refractivity contribution is -0.287. The first-order chi connectivity index (χ1) is 6.53. The maximum absolute atomic E-state index is 12.9. The third kappa shape index (κ3) is 1.19. The van der Waals surface area contributed by atoms with E-state index in [1.165, 1.54) is 0 Å². The van der Waals surface area contributed by atoms with Crippen molar-refractivity contribution in [2.45, 2.75) is 6.29 Å². The molecule has 0 bridgehead atoms. The molecule has 0 saturated carbocycles. The van der Waals surface area contributed by atoms with Gasteiger partial charge in [-0.25, -0.2) is 4.39 Å². The number of benzene rings is 1. The smallest absolute Gasteiger partial charge is 0.394 e. The number of carbonyl (C=O) groups excluding carboxylic acids is 1. The van der Waals surface area contributed by atoms with Crippen LogP contribution in [0.1, 0.15) is 10.4 Å². The Balaban J connectivity index is 2.58. The Labute approximate surface area is 76.0 Å². The highest BCUT2D eigenvalue weighted by atomic mass is 19.3. The third-order valence-electron chi connectivity index (χ3n) is 1.66. The summed E-state index contributed by atoms with van der Waals surface area (Å²) in [5.41, 5.74) is -0.182. The van der Waals surface area contributed by atoms with E-state index in [-0.39, 0.29) is 11.8 Å². The van der Waals surface area contributed by atoms with E-state index in [4.69, 9.17) is 0 Å². The van der Waals surface area contributed by atoms with Crippen LogP contribution in [0, 0.1) is 5.82 Å². The highest BCUT2D eigenvalue weighted by Crippen LogP contribution is 2.44. The molecule has 0 aromatic heterocycles. The molecule has 0 N–H and O–H groups in total. The largest absolute Gasteiger partial charge is 0.586 e. The molecule has 1 aromatic rings. The summed E-state index contributed by atoms with van der Waals surface area (Å²) in [5, 5.41) is 0. The molecule has 3 nitrogen and oxygen atoms in total. The number of hydrogen-bond donors (Lipinski definition) is 0. The molecule has 0 fully saturated rings. The second-order valence-corrected chi connectivity index (χ2v) is 2.58. The van der Waals surface area contributed by atoms with Gasteiger partial charge in [0.15, 0.2) is 17.9 Å². The molecule has 0 spiro atoms. The van der Waals surface area contributed by atoms with Gasteiger partial charge in [0.05, 0.1) is 5.56 Å². The fourth-order valence-electron chi connectivity index (χ4n) is 1.11. The third-order valence-corrected chi connectivity index (χ3v) is 1.66. The number of rotatable bonds is 1. The van der Waals surface area contributed by atoms with Crippen molar-refractivity contribution >= 4 is 6.29 Å². The van der Waals surface area contributed by atoms with Crippen molar-refractivity contribution in [3.05, 3.63) is 23.5 Å². The summed E-state index contributed by atoms with van der Waals surface area (Å²) in [5.74, 6) is -2.30. The zero-order valence-electron chi connectivity index (χ0n) is 6.59. The van der Waals surface area contributed by atoms with Crippen molar-refractivity contribution in [1.82, 2.24) is 0 Å². The lowest BCUT2D eigenvalue weighted by Gasteiger charge is -2.04. The lowest BCUT2D eigenvalue weighted by Crippen LogP contribution is -2.26. The Hall–Kier alpha value is -1.72. The number of aldehydes is 1. The molecule has 1 aliphatic heterocycles. The second kappa shape index (κ2) is 2.63. The van der Waals surface area contributed by atoms with Gasteiger partial charge < -0.3 is 9.47 Å². The molecule has 0 radical (unpaired) electrons. The molecule has 14 heavy (non-hydrogen) atoms. The molecule has 0 unspecified atom stereocenters. The van der Waals surface area contributed by atoms with Gasteiger partial charge >= 0.3 is 6.29 Å². The van der Waals surface area contributed by atoms with Gasteiger partial charge in [0.25, 0.3) is 0 Å². The van der Waals surface area contributed by atoms with Gasteiger partial charge in [-0.1, -0.05) is 0 Å². The summed E-state index contributed by atoms with van der Waals surface area (Å²) in [4.78, 5) is 10.4. The van der Waals surface area contributed by atoms with Crippen LogP contribution in [0.5, 0.6) is 11.5 Å². The van der Waals surface area contributed by atoms with Crippen LogP contribution in [0.2, 0.25) is 0 Å². The molecule has 6 heteroatoms. The van der Waals surface area contributed by atoms with Crippen molar-refractivity contribution in [2.24, 2.45) is 0 Å². The first-order valence-corrected chi connectivity index (χ1v) is 3.57. The van der Waals surface area contributed by atoms with Crippen molar-refractivity contribution in [3.8, 4) is 11.5 Å². The predicted molar refractivity (Wildman–Crippen MR) is 38.0 cm³/mol. The number of ether oxygens (including phenoxy) is 2. The maximum atomic E-state index is 12.9. The topological polar surface area (TPSA) is 35.5 Å². The highest BCUT2D eigenvalue weighted by Gasteiger charge is 2.46. The Morgan fingerprint density at radius 1 is 1.21 bits per heavy atom. The fraction of sp³-hybridized carbons (Fsp3) is 0.125. The Morgan fingerprint density at radius 2 is 1.86 bits per heavy atom. The molecule has 2 rings (SSSR count). The Morgan fingerprint density at radius 3 is 2.50 bits per heavy atom. The van der Waals surface area contributed by atoms with E-state index in [0.29, 0.717) is 0 Å². The van der Waals surface area contributed by atoms with Crippen molar-refractivity contribution in [3.63, 3.8) is 0 Å². The molecule has 1 heterocycles. The monoisotopic (exact) mass is 204 g/mol. The Kier molecular flexibility index (Phi) is 1.67. The first kappa shape index (κ1) is 8.86. The summed E-state index contributed by atoms with van der Waals surface area (Å²) < 4.78 is 45.8. The van der Waals surface area contributed by atoms with Crippen LogP contribution >= 0.6 is 0 Å². The molecule has 1 aromatic carbocycles. The van der Waals surface area contributed by atoms with E-state index in [2.05, 4.69) is 9.47 Å². The SMILES string of the molecule is O=Cc1ccc(F)c2c1OC(F)(F)O2. The molecule has 0 amide bonds. The highest BCUT2D eigenvalue weighted by molar-refractivity contribution is 5.81. The Bertz CT molecular complexity index is 403. The van der Waals surface area contributed by atoms with E-state index >= 15 is 0 Å². The number of fused-ring (bicyclic) bond motifs is 1. The molecular formula is C8H3F3O3. The number of carbonyl (C=O) groups is 1. The van der Waals surface area contributed by atoms with E-state index in [1.54, 1.807) is 0 Å². The van der Waals surface area contributed by atoms with Gasteiger partial charge in [0, 0.05) is 0 Å². The zero-order chi connectivity index (χ0) is 10.3. The van der Waals surface area contributed by atoms with Gasteiger partial charge in [-0.05, 0) is 12.1 Å². The second-order valence-electron chi connectivity index (χ2n) is 2.58. The first-order valence-electron chi connectivity index (χ1n) is 3.57. The summed E-state index contributed by atoms with van der Waals surface area (Å²) in [6, 6.07) is 1.89. The number of halogens is 3. The van der Waals surface area contributed by atoms with Crippen LogP contribution in [-0.4, -0.2) is 12.6 Å². The fourth-order valence-corrected chi connectivity index (χ4v) is 1.11. The van der Waals surface area contributed by atoms with E-state index in [0.717, 1.165) is 12.1 Å². The van der Waals surface area contributed by atoms with E-state index in [1.807, 2.05) is 0 Å². The average molecular weight is 204 g/mol. The summed E-state index contributed by atoms with van der Waals surface area (Å²) >= 11 is 0. The minimum absolute atomic E-state index is 0.182. The van der Waals surface area contributed by atoms with Crippen LogP contribution < -0.4 is 9.47 Å². The molecule has 1 aliphatic rings. The standard InChI is InChI=1S/C8H3F3O3/c9-5-2-1-4(3-12)6-7(5)14-8(10,11)13-6/h1-3H. The summed E-state index contributed by atoms with van der Waals surface area (Å²) in [6.45, 7) is 0. The molecule has 0 saturated heterocycles. The average Bonchev–Trinajstić information content (AvgIpc) is 2.42. The lowest BCUT2D eigenvalue weighted by atomic mass is 10.2. The quantitative estimate of drug-likeness (QED) is 0.656. The predicted octanol–water partition coefficient (Wildman–Crippen LogP) is 1.96. The van der Waals surface area contributed by atoms with Crippen LogP contribution in [0.25, 0.3) is 0 Å². The van der Waals surface area contributed by atoms with Crippen molar-refractivity contribution in [1.29, 1.82) is 0 Å². The van der Waals surface area contributed by atoms with Gasteiger partial charge in [-0.2, -0.15) is 0 Å². The van der Waals surface area contributed by atoms with Crippen LogP contribution in [0.15, 0.2) is 12.1 Å². The van der Waals surface area contributed by atoms with Gasteiger partial charge in [-0.15, -0.1) is 8.78 Å². The number of hydrogen-bond acceptors (Lipinski definition) is 3. The minimum atomic E-state index is -3.91. The summed E-state index contributed by atoms with van der Waals surface area (Å²) in [6.07, 6.45) is -3.63. The van der Waals surface area contributed by atoms with Crippen molar-refractivity contribution < 1.29 is 27.4 Å². The van der Waals surface area contributed by atoms with Crippen LogP contribution in [-0.2, 0) is 0 Å². The summed E-state index contributed by atoms with van der Waals surface area (Å²) in [7, 11) is 0. The number of alkyl halides is 2. The van der Waals surface area contributed by atoms with E-state index in [9.17, 15) is 18.0 Å². The molecule has 74 valence electrons. The van der Waals surface area contributed by atoms with Crippen LogP contribution in [0.4, 0.5) is 13.2 Å². The molecule has 0 atom stereocenters. The normalized spacial score (nSPS) is 16.8.